The highest BCUT2D eigenvalue weighted by atomic mass is 16.2. The number of carbonyl (C=O) groups is 6. The summed E-state index contributed by atoms with van der Waals surface area (Å²) in [6.07, 6.45) is 5.82. The third-order valence-corrected chi connectivity index (χ3v) is 14.8. The molecule has 0 aliphatic rings. The van der Waals surface area contributed by atoms with Gasteiger partial charge in [0, 0.05) is 22.5 Å². The Labute approximate surface area is 488 Å². The predicted octanol–water partition coefficient (Wildman–Crippen LogP) is 5.41. The van der Waals surface area contributed by atoms with Gasteiger partial charge in [0.05, 0.1) is 18.1 Å². The van der Waals surface area contributed by atoms with Crippen molar-refractivity contribution in [3.63, 3.8) is 0 Å². The Kier molecular flexibility index (Phi) is 25.6. The van der Waals surface area contributed by atoms with Crippen LogP contribution in [-0.4, -0.2) is 91.3 Å². The second-order valence-electron chi connectivity index (χ2n) is 21.3. The SMILES string of the molecule is CC(c1ccc(NC(=O)[C@H](CCCCN)NC(=O)[C@@H](N)Cc2ccccc2)cc1)(c1ccc(NC(=O)[C@H](CCCCN)NC(=O)[C@@H](N)Cc2ccccc2)cc1)c1ccc(NC(=O)[C@H](CCCCN)NC(=O)[C@@H](N)Cc2ccccc2)cc1. The van der Waals surface area contributed by atoms with Gasteiger partial charge in [0.2, 0.25) is 35.4 Å². The molecule has 0 unspecified atom stereocenters. The number of unbranched alkanes of at least 4 members (excludes halogenated alkanes) is 3. The lowest BCUT2D eigenvalue weighted by Crippen LogP contribution is -2.50. The van der Waals surface area contributed by atoms with Crippen LogP contribution >= 0.6 is 0 Å². The number of carbonyl (C=O) groups excluding carboxylic acids is 6. The molecule has 6 amide bonds. The molecule has 6 aromatic rings. The van der Waals surface area contributed by atoms with Gasteiger partial charge in [0.25, 0.3) is 0 Å². The molecule has 0 radical (unpaired) electrons. The molecule has 6 atom stereocenters. The number of hydrogen-bond donors (Lipinski definition) is 12. The van der Waals surface area contributed by atoms with E-state index < -0.39 is 77.1 Å². The minimum absolute atomic E-state index is 0.307. The summed E-state index contributed by atoms with van der Waals surface area (Å²) in [4.78, 5) is 82.0. The van der Waals surface area contributed by atoms with Crippen LogP contribution in [0.4, 0.5) is 17.1 Å². The van der Waals surface area contributed by atoms with Crippen LogP contribution < -0.4 is 66.3 Å². The van der Waals surface area contributed by atoms with Gasteiger partial charge in [-0.1, -0.05) is 127 Å². The smallest absolute Gasteiger partial charge is 0.246 e. The standard InChI is InChI=1S/C65H84N12O6/c1-65(47-26-32-50(33-27-47)72-62(81)56(23-11-14-38-66)75-59(78)53(69)41-44-17-5-2-6-18-44,48-28-34-51(35-29-48)73-63(82)57(24-12-15-39-67)76-60(79)54(70)42-45-19-7-3-8-20-45)49-30-36-52(37-31-49)74-64(83)58(25-13-16-40-68)77-61(80)55(71)43-46-21-9-4-10-22-46/h2-10,17-22,26-37,53-58H,11-16,23-25,38-43,66-71H2,1H3,(H,72,81)(H,73,82)(H,74,83)(H,75,78)(H,76,79)(H,77,80)/t53-,54-,55-,56-,57-,58-/m0/s1. The Morgan fingerprint density at radius 3 is 0.819 bits per heavy atom. The molecule has 0 aliphatic heterocycles. The number of hydrogen-bond acceptors (Lipinski definition) is 12. The Morgan fingerprint density at radius 1 is 0.349 bits per heavy atom. The van der Waals surface area contributed by atoms with E-state index in [9.17, 15) is 28.8 Å². The number of nitrogens with two attached hydrogens (primary N) is 6. The lowest BCUT2D eigenvalue weighted by atomic mass is 9.71. The summed E-state index contributed by atoms with van der Waals surface area (Å²) in [6, 6.07) is 45.3. The Morgan fingerprint density at radius 2 is 0.590 bits per heavy atom. The zero-order valence-corrected chi connectivity index (χ0v) is 47.6. The van der Waals surface area contributed by atoms with Gasteiger partial charge >= 0.3 is 0 Å². The highest BCUT2D eigenvalue weighted by molar-refractivity contribution is 5.99. The van der Waals surface area contributed by atoms with Gasteiger partial charge in [-0.3, -0.25) is 28.8 Å². The molecular formula is C65H84N12O6. The van der Waals surface area contributed by atoms with E-state index in [1.54, 1.807) is 36.4 Å². The van der Waals surface area contributed by atoms with Crippen molar-refractivity contribution < 1.29 is 28.8 Å². The monoisotopic (exact) mass is 1130 g/mol. The summed E-state index contributed by atoms with van der Waals surface area (Å²) in [5.41, 5.74) is 42.2. The van der Waals surface area contributed by atoms with Crippen molar-refractivity contribution in [3.8, 4) is 0 Å². The van der Waals surface area contributed by atoms with Crippen LogP contribution in [0.25, 0.3) is 0 Å². The second-order valence-corrected chi connectivity index (χ2v) is 21.3. The average molecular weight is 1130 g/mol. The van der Waals surface area contributed by atoms with Crippen molar-refractivity contribution in [3.05, 3.63) is 197 Å². The highest BCUT2D eigenvalue weighted by Gasteiger charge is 2.33. The van der Waals surface area contributed by atoms with Crippen LogP contribution in [0.3, 0.4) is 0 Å². The summed E-state index contributed by atoms with van der Waals surface area (Å²) >= 11 is 0. The van der Waals surface area contributed by atoms with Gasteiger partial charge in [-0.15, -0.1) is 0 Å². The van der Waals surface area contributed by atoms with Gasteiger partial charge in [0.15, 0.2) is 0 Å². The first-order valence-corrected chi connectivity index (χ1v) is 28.8. The van der Waals surface area contributed by atoms with Crippen LogP contribution in [0.2, 0.25) is 0 Å². The van der Waals surface area contributed by atoms with Crippen LogP contribution in [-0.2, 0) is 53.4 Å². The van der Waals surface area contributed by atoms with E-state index in [2.05, 4.69) is 31.9 Å². The lowest BCUT2D eigenvalue weighted by Gasteiger charge is -2.32. The van der Waals surface area contributed by atoms with Crippen molar-refractivity contribution in [2.45, 2.75) is 126 Å². The van der Waals surface area contributed by atoms with Crippen molar-refractivity contribution >= 4 is 52.5 Å². The number of rotatable bonds is 33. The second kappa shape index (κ2) is 33.1. The van der Waals surface area contributed by atoms with E-state index in [1.165, 1.54) is 0 Å². The van der Waals surface area contributed by atoms with E-state index in [0.29, 0.717) is 114 Å². The zero-order valence-electron chi connectivity index (χ0n) is 47.6. The molecule has 0 saturated heterocycles. The molecule has 6 aromatic carbocycles. The van der Waals surface area contributed by atoms with Gasteiger partial charge in [-0.2, -0.15) is 0 Å². The average Bonchev–Trinajstić information content (AvgIpc) is 3.01. The molecule has 0 bridgehead atoms. The fourth-order valence-electron chi connectivity index (χ4n) is 9.85. The topological polar surface area (TPSA) is 331 Å². The maximum atomic E-state index is 14.0. The number of amides is 6. The van der Waals surface area contributed by atoms with Gasteiger partial charge < -0.3 is 66.3 Å². The van der Waals surface area contributed by atoms with Gasteiger partial charge in [-0.25, -0.2) is 0 Å². The van der Waals surface area contributed by atoms with Crippen LogP contribution in [0.15, 0.2) is 164 Å². The van der Waals surface area contributed by atoms with Crippen LogP contribution in [0.1, 0.15) is 98.1 Å². The molecule has 18 heteroatoms. The fraction of sp³-hybridized carbons (Fsp3) is 0.354. The number of nitrogens with one attached hydrogen (secondary N) is 6. The van der Waals surface area contributed by atoms with Crippen molar-refractivity contribution in [2.75, 3.05) is 35.6 Å². The molecule has 83 heavy (non-hydrogen) atoms. The molecule has 0 aliphatic carbocycles. The first-order valence-electron chi connectivity index (χ1n) is 28.8. The molecule has 6 rings (SSSR count). The van der Waals surface area contributed by atoms with Gasteiger partial charge in [-0.05, 0) is 173 Å². The fourth-order valence-corrected chi connectivity index (χ4v) is 9.85. The van der Waals surface area contributed by atoms with Crippen molar-refractivity contribution in [1.29, 1.82) is 0 Å². The summed E-state index contributed by atoms with van der Waals surface area (Å²) in [5.74, 6) is -2.52. The molecule has 0 saturated carbocycles. The van der Waals surface area contributed by atoms with E-state index in [4.69, 9.17) is 34.4 Å². The van der Waals surface area contributed by atoms with E-state index in [-0.39, 0.29) is 0 Å². The Bertz CT molecular complexity index is 2650. The number of benzene rings is 6. The summed E-state index contributed by atoms with van der Waals surface area (Å²) in [5, 5.41) is 17.6. The maximum Gasteiger partial charge on any atom is 0.246 e. The summed E-state index contributed by atoms with van der Waals surface area (Å²) in [6.45, 7) is 3.36. The first-order chi connectivity index (χ1) is 40.1. The Hall–Kier alpha value is -8.10. The lowest BCUT2D eigenvalue weighted by molar-refractivity contribution is -0.127. The zero-order chi connectivity index (χ0) is 59.6. The molecule has 18 nitrogen and oxygen atoms in total. The minimum atomic E-state index is -0.886. The normalized spacial score (nSPS) is 13.5. The summed E-state index contributed by atoms with van der Waals surface area (Å²) in [7, 11) is 0. The van der Waals surface area contributed by atoms with E-state index in [1.807, 2.05) is 134 Å². The van der Waals surface area contributed by atoms with E-state index in [0.717, 1.165) is 33.4 Å². The molecule has 0 spiro atoms. The molecule has 0 heterocycles. The number of anilines is 3. The highest BCUT2D eigenvalue weighted by Crippen LogP contribution is 2.40. The summed E-state index contributed by atoms with van der Waals surface area (Å²) < 4.78 is 0. The quantitative estimate of drug-likeness (QED) is 0.0182. The van der Waals surface area contributed by atoms with Crippen LogP contribution in [0.5, 0.6) is 0 Å². The third kappa shape index (κ3) is 19.8. The molecule has 0 aromatic heterocycles. The van der Waals surface area contributed by atoms with Crippen molar-refractivity contribution in [1.82, 2.24) is 16.0 Å². The Balaban J connectivity index is 1.25. The predicted molar refractivity (Wildman–Crippen MR) is 330 cm³/mol. The van der Waals surface area contributed by atoms with Crippen LogP contribution in [0, 0.1) is 0 Å². The third-order valence-electron chi connectivity index (χ3n) is 14.8. The van der Waals surface area contributed by atoms with E-state index >= 15 is 0 Å². The van der Waals surface area contributed by atoms with Gasteiger partial charge in [0.1, 0.15) is 18.1 Å². The molecule has 18 N–H and O–H groups in total. The minimum Gasteiger partial charge on any atom is -0.343 e. The largest absolute Gasteiger partial charge is 0.343 e. The molecular weight excluding hydrogens is 1040 g/mol. The molecule has 440 valence electrons. The maximum absolute atomic E-state index is 14.0. The van der Waals surface area contributed by atoms with Crippen molar-refractivity contribution in [2.24, 2.45) is 34.4 Å². The molecule has 0 fully saturated rings. The first kappa shape index (κ1) is 64.1.